The van der Waals surface area contributed by atoms with Crippen LogP contribution in [0.15, 0.2) is 0 Å². The number of carboxylic acids is 3. The van der Waals surface area contributed by atoms with Crippen LogP contribution in [-0.4, -0.2) is 267 Å². The molecule has 31 heteroatoms. The van der Waals surface area contributed by atoms with E-state index < -0.39 is 66.7 Å². The van der Waals surface area contributed by atoms with Crippen LogP contribution in [0.3, 0.4) is 0 Å². The number of hydrogen-bond donors (Lipinski definition) is 7. The fraction of sp³-hybridized carbons (Fsp3) is 0.900. The summed E-state index contributed by atoms with van der Waals surface area (Å²) < 4.78 is 88.9. The summed E-state index contributed by atoms with van der Waals surface area (Å²) in [5.41, 5.74) is -2.97. The SMILES string of the molecule is O=C([O-])CC(O)(CC(=O)[O-])C(=O)[O-].O=S(=O)(O)CCN1CCN(CCO)CC1.O=S(=O)(O)CCN1CCN(CCO)CC1.O=S(=O)(O)CCN1CCN(CCO)CC1.[Na+].[Na+].[Na+]. The van der Waals surface area contributed by atoms with E-state index in [4.69, 9.17) is 34.1 Å². The van der Waals surface area contributed by atoms with Crippen LogP contribution in [0.5, 0.6) is 0 Å². The molecule has 0 aliphatic carbocycles. The molecule has 25 nitrogen and oxygen atoms in total. The van der Waals surface area contributed by atoms with Crippen LogP contribution in [0.25, 0.3) is 0 Å². The Labute approximate surface area is 424 Å². The average Bonchev–Trinajstić information content (AvgIpc) is 3.10. The maximum Gasteiger partial charge on any atom is 1.00 e. The second kappa shape index (κ2) is 35.9. The van der Waals surface area contributed by atoms with E-state index in [9.17, 15) is 55.0 Å². The summed E-state index contributed by atoms with van der Waals surface area (Å²) in [5.74, 6) is -6.59. The van der Waals surface area contributed by atoms with Gasteiger partial charge in [-0.2, -0.15) is 25.3 Å². The van der Waals surface area contributed by atoms with Crippen molar-refractivity contribution in [2.75, 3.05) is 155 Å². The van der Waals surface area contributed by atoms with E-state index in [1.165, 1.54) is 0 Å². The first-order valence-electron chi connectivity index (χ1n) is 18.2. The van der Waals surface area contributed by atoms with Crippen molar-refractivity contribution < 1.29 is 178 Å². The van der Waals surface area contributed by atoms with Crippen molar-refractivity contribution in [2.24, 2.45) is 0 Å². The molecule has 0 amide bonds. The maximum atomic E-state index is 10.5. The molecule has 0 aromatic rings. The molecule has 61 heavy (non-hydrogen) atoms. The standard InChI is InChI=1S/3C8H18N2O4S.C6H8O7.3Na/c3*11-7-5-9-1-3-10(4-2-9)6-8-15(12,13)14;7-3(8)1-6(13,5(11)12)2-4(9)10;;;/h3*11H,1-8H2,(H,12,13,14);13H,1-2H2,(H,7,8)(H,9,10)(H,11,12);;;/q;;;;3*+1/p-3. The van der Waals surface area contributed by atoms with E-state index in [1.54, 1.807) is 0 Å². The van der Waals surface area contributed by atoms with Crippen LogP contribution in [0.4, 0.5) is 0 Å². The molecule has 344 valence electrons. The van der Waals surface area contributed by atoms with E-state index in [2.05, 4.69) is 14.7 Å². The van der Waals surface area contributed by atoms with Gasteiger partial charge >= 0.3 is 88.7 Å². The van der Waals surface area contributed by atoms with E-state index in [0.29, 0.717) is 39.3 Å². The average molecular weight is 973 g/mol. The van der Waals surface area contributed by atoms with Crippen molar-refractivity contribution in [3.8, 4) is 0 Å². The van der Waals surface area contributed by atoms with Crippen molar-refractivity contribution in [1.82, 2.24) is 29.4 Å². The van der Waals surface area contributed by atoms with Crippen LogP contribution < -0.4 is 104 Å². The molecule has 0 radical (unpaired) electrons. The summed E-state index contributed by atoms with van der Waals surface area (Å²) in [6.07, 6.45) is -2.72. The molecule has 3 saturated heterocycles. The molecule has 7 N–H and O–H groups in total. The van der Waals surface area contributed by atoms with Gasteiger partial charge in [0.1, 0.15) is 5.60 Å². The number of piperazine rings is 3. The third kappa shape index (κ3) is 38.5. The second-order valence-electron chi connectivity index (χ2n) is 13.5. The van der Waals surface area contributed by atoms with Gasteiger partial charge in [-0.1, -0.05) is 0 Å². The van der Waals surface area contributed by atoms with Gasteiger partial charge < -0.3 is 50.1 Å². The van der Waals surface area contributed by atoms with Crippen LogP contribution >= 0.6 is 0 Å². The fourth-order valence-electron chi connectivity index (χ4n) is 5.55. The monoisotopic (exact) mass is 972 g/mol. The summed E-state index contributed by atoms with van der Waals surface area (Å²) in [7, 11) is -11.5. The zero-order valence-electron chi connectivity index (χ0n) is 35.3. The van der Waals surface area contributed by atoms with E-state index in [1.807, 2.05) is 14.7 Å². The third-order valence-electron chi connectivity index (χ3n) is 8.89. The minimum Gasteiger partial charge on any atom is -0.550 e. The minimum atomic E-state index is -3.84. The quantitative estimate of drug-likeness (QED) is 0.0440. The first-order valence-corrected chi connectivity index (χ1v) is 23.0. The van der Waals surface area contributed by atoms with E-state index in [0.717, 1.165) is 78.5 Å². The number of β-amino-alcohol motifs (C(OH)–C–C–N with tert-alkyl or cyclic N) is 3. The predicted molar refractivity (Wildman–Crippen MR) is 198 cm³/mol. The van der Waals surface area contributed by atoms with Gasteiger partial charge in [-0.05, 0) is 0 Å². The number of rotatable bonds is 20. The van der Waals surface area contributed by atoms with E-state index >= 15 is 0 Å². The summed E-state index contributed by atoms with van der Waals surface area (Å²) in [6, 6.07) is 0. The molecule has 3 heterocycles. The number of aliphatic carboxylic acids is 3. The zero-order valence-corrected chi connectivity index (χ0v) is 43.8. The maximum absolute atomic E-state index is 10.5. The number of nitrogens with zero attached hydrogens (tertiary/aromatic N) is 6. The van der Waals surface area contributed by atoms with Crippen LogP contribution in [0, 0.1) is 0 Å². The molecule has 3 aliphatic heterocycles. The molecule has 0 aromatic carbocycles. The van der Waals surface area contributed by atoms with Crippen LogP contribution in [0.2, 0.25) is 0 Å². The van der Waals surface area contributed by atoms with Gasteiger partial charge in [-0.15, -0.1) is 0 Å². The molecule has 3 fully saturated rings. The van der Waals surface area contributed by atoms with Crippen molar-refractivity contribution in [2.45, 2.75) is 18.4 Å². The molecule has 3 aliphatic rings. The Morgan fingerprint density at radius 1 is 0.426 bits per heavy atom. The number of carbonyl (C=O) groups is 3. The smallest absolute Gasteiger partial charge is 0.550 e. The topological polar surface area (TPSA) is 384 Å². The Hall–Kier alpha value is 0.740. The van der Waals surface area contributed by atoms with Crippen molar-refractivity contribution in [1.29, 1.82) is 0 Å². The van der Waals surface area contributed by atoms with Crippen molar-refractivity contribution in [3.63, 3.8) is 0 Å². The Balaban J connectivity index is -0.000000350. The van der Waals surface area contributed by atoms with Gasteiger partial charge in [0.25, 0.3) is 30.4 Å². The summed E-state index contributed by atoms with van der Waals surface area (Å²) in [5, 5.41) is 65.1. The normalized spacial score (nSPS) is 17.6. The van der Waals surface area contributed by atoms with Crippen molar-refractivity contribution in [3.05, 3.63) is 0 Å². The van der Waals surface area contributed by atoms with Gasteiger partial charge in [-0.25, -0.2) is 0 Å². The third-order valence-corrected chi connectivity index (χ3v) is 11.0. The number of aliphatic hydroxyl groups is 4. The van der Waals surface area contributed by atoms with Crippen LogP contribution in [0.1, 0.15) is 12.8 Å². The molecular weight excluding hydrogens is 914 g/mol. The Bertz CT molecular complexity index is 1380. The number of carboxylic acid groups (broad SMARTS) is 3. The van der Waals surface area contributed by atoms with Gasteiger partial charge in [0.15, 0.2) is 0 Å². The van der Waals surface area contributed by atoms with Gasteiger partial charge in [-0.3, -0.25) is 43.1 Å². The predicted octanol–water partition coefficient (Wildman–Crippen LogP) is -18.8. The van der Waals surface area contributed by atoms with Gasteiger partial charge in [0.2, 0.25) is 0 Å². The van der Waals surface area contributed by atoms with Gasteiger partial charge in [0, 0.05) is 143 Å². The second-order valence-corrected chi connectivity index (χ2v) is 18.2. The molecule has 0 unspecified atom stereocenters. The number of hydrogen-bond acceptors (Lipinski definition) is 22. The first kappa shape index (κ1) is 68.3. The van der Waals surface area contributed by atoms with Crippen LogP contribution in [-0.2, 0) is 44.7 Å². The molecule has 0 spiro atoms. The molecule has 0 atom stereocenters. The van der Waals surface area contributed by atoms with Crippen molar-refractivity contribution >= 4 is 48.3 Å². The largest absolute Gasteiger partial charge is 1.00 e. The number of carbonyl (C=O) groups excluding carboxylic acids is 3. The summed E-state index contributed by atoms with van der Waals surface area (Å²) >= 11 is 0. The summed E-state index contributed by atoms with van der Waals surface area (Å²) in [6.45, 7) is 13.4. The minimum absolute atomic E-state index is 0. The molecule has 0 bridgehead atoms. The Morgan fingerprint density at radius 2 is 0.607 bits per heavy atom. The molecule has 0 saturated carbocycles. The Kier molecular flexibility index (Phi) is 40.2. The zero-order chi connectivity index (χ0) is 44.6. The fourth-order valence-corrected chi connectivity index (χ4v) is 7.02. The summed E-state index contributed by atoms with van der Waals surface area (Å²) in [4.78, 5) is 42.4. The van der Waals surface area contributed by atoms with Gasteiger partial charge in [0.05, 0.1) is 43.0 Å². The molecular formula is C30H59N6Na3O19S3. The Morgan fingerprint density at radius 3 is 0.738 bits per heavy atom. The molecule has 0 aromatic heterocycles. The molecule has 3 rings (SSSR count). The first-order chi connectivity index (χ1) is 26.8. The number of aliphatic hydroxyl groups excluding tert-OH is 3. The van der Waals surface area contributed by atoms with E-state index in [-0.39, 0.29) is 126 Å².